The van der Waals surface area contributed by atoms with Crippen molar-refractivity contribution in [3.05, 3.63) is 59.2 Å². The lowest BCUT2D eigenvalue weighted by Gasteiger charge is -2.14. The average Bonchev–Trinajstić information content (AvgIpc) is 2.70. The Morgan fingerprint density at radius 2 is 1.79 bits per heavy atom. The minimum absolute atomic E-state index is 0.153. The molecule has 0 atom stereocenters. The quantitative estimate of drug-likeness (QED) is 0.510. The van der Waals surface area contributed by atoms with Crippen LogP contribution in [0, 0.1) is 6.92 Å². The first-order valence-corrected chi connectivity index (χ1v) is 10.7. The normalized spacial score (nSPS) is 12.1. The molecule has 8 heteroatoms. The molecule has 0 aliphatic carbocycles. The highest BCUT2D eigenvalue weighted by molar-refractivity contribution is 7.89. The van der Waals surface area contributed by atoms with Crippen LogP contribution in [0.15, 0.2) is 52.5 Å². The molecule has 29 heavy (non-hydrogen) atoms. The van der Waals surface area contributed by atoms with Crippen LogP contribution in [0.25, 0.3) is 0 Å². The van der Waals surface area contributed by atoms with E-state index < -0.39 is 10.0 Å². The van der Waals surface area contributed by atoms with Gasteiger partial charge in [-0.15, -0.1) is 0 Å². The van der Waals surface area contributed by atoms with Crippen LogP contribution in [0.2, 0.25) is 0 Å². The Morgan fingerprint density at radius 1 is 1.14 bits per heavy atom. The molecule has 0 aliphatic rings. The molecule has 2 N–H and O–H groups in total. The van der Waals surface area contributed by atoms with E-state index in [4.69, 9.17) is 4.74 Å². The lowest BCUT2D eigenvalue weighted by Crippen LogP contribution is -2.26. The van der Waals surface area contributed by atoms with Gasteiger partial charge in [-0.05, 0) is 61.7 Å². The van der Waals surface area contributed by atoms with E-state index in [0.717, 1.165) is 11.1 Å². The van der Waals surface area contributed by atoms with Gasteiger partial charge in [-0.1, -0.05) is 38.1 Å². The van der Waals surface area contributed by atoms with E-state index in [1.54, 1.807) is 19.1 Å². The number of amides is 1. The van der Waals surface area contributed by atoms with E-state index in [1.807, 2.05) is 25.1 Å². The standard InChI is InChI=1S/C21H27N3O4S/c1-14(2)19-11-6-15(3)12-20(19)28-13-21(25)24-23-16(4)17-7-9-18(10-8-17)29(26,27)22-5/h6-12,14,22H,13H2,1-5H3,(H,24,25)/b23-16-. The Morgan fingerprint density at radius 3 is 2.38 bits per heavy atom. The van der Waals surface area contributed by atoms with Gasteiger partial charge in [0, 0.05) is 0 Å². The van der Waals surface area contributed by atoms with E-state index in [-0.39, 0.29) is 23.3 Å². The average molecular weight is 418 g/mol. The van der Waals surface area contributed by atoms with Crippen LogP contribution in [0.3, 0.4) is 0 Å². The molecule has 0 heterocycles. The van der Waals surface area contributed by atoms with Crippen LogP contribution in [-0.2, 0) is 14.8 Å². The first kappa shape index (κ1) is 22.6. The molecule has 0 spiro atoms. The van der Waals surface area contributed by atoms with Gasteiger partial charge in [-0.3, -0.25) is 4.79 Å². The number of hydrogen-bond acceptors (Lipinski definition) is 5. The molecular formula is C21H27N3O4S. The molecule has 1 amide bonds. The van der Waals surface area contributed by atoms with Gasteiger partial charge in [-0.2, -0.15) is 5.10 Å². The molecular weight excluding hydrogens is 390 g/mol. The first-order chi connectivity index (χ1) is 13.6. The predicted molar refractivity (Wildman–Crippen MR) is 114 cm³/mol. The van der Waals surface area contributed by atoms with Gasteiger partial charge in [0.05, 0.1) is 10.6 Å². The summed E-state index contributed by atoms with van der Waals surface area (Å²) >= 11 is 0. The molecule has 0 aliphatic heterocycles. The topological polar surface area (TPSA) is 96.9 Å². The van der Waals surface area contributed by atoms with Gasteiger partial charge < -0.3 is 4.74 Å². The number of rotatable bonds is 8. The molecule has 2 rings (SSSR count). The summed E-state index contributed by atoms with van der Waals surface area (Å²) in [7, 11) is -2.13. The zero-order valence-electron chi connectivity index (χ0n) is 17.3. The molecule has 7 nitrogen and oxygen atoms in total. The number of ether oxygens (including phenoxy) is 1. The lowest BCUT2D eigenvalue weighted by molar-refractivity contribution is -0.123. The maximum Gasteiger partial charge on any atom is 0.277 e. The van der Waals surface area contributed by atoms with Crippen molar-refractivity contribution in [2.24, 2.45) is 5.10 Å². The van der Waals surface area contributed by atoms with Crippen LogP contribution in [-0.4, -0.2) is 33.7 Å². The predicted octanol–water partition coefficient (Wildman–Crippen LogP) is 2.95. The zero-order valence-corrected chi connectivity index (χ0v) is 18.1. The van der Waals surface area contributed by atoms with Crippen LogP contribution in [0.1, 0.15) is 43.4 Å². The van der Waals surface area contributed by atoms with Crippen molar-refractivity contribution < 1.29 is 17.9 Å². The molecule has 2 aromatic carbocycles. The molecule has 0 bridgehead atoms. The summed E-state index contributed by atoms with van der Waals surface area (Å²) in [4.78, 5) is 12.3. The van der Waals surface area contributed by atoms with E-state index >= 15 is 0 Å². The largest absolute Gasteiger partial charge is 0.483 e. The van der Waals surface area contributed by atoms with Crippen molar-refractivity contribution >= 4 is 21.6 Å². The monoisotopic (exact) mass is 417 g/mol. The summed E-state index contributed by atoms with van der Waals surface area (Å²) in [5.74, 6) is 0.593. The van der Waals surface area contributed by atoms with Crippen molar-refractivity contribution in [2.45, 2.75) is 38.5 Å². The van der Waals surface area contributed by atoms with Crippen LogP contribution < -0.4 is 14.9 Å². The number of nitrogens with zero attached hydrogens (tertiary/aromatic N) is 1. The Kier molecular flexibility index (Phi) is 7.53. The van der Waals surface area contributed by atoms with Crippen molar-refractivity contribution in [2.75, 3.05) is 13.7 Å². The summed E-state index contributed by atoms with van der Waals surface area (Å²) in [5.41, 5.74) is 5.81. The summed E-state index contributed by atoms with van der Waals surface area (Å²) in [6.07, 6.45) is 0. The number of sulfonamides is 1. The van der Waals surface area contributed by atoms with Crippen molar-refractivity contribution in [3.63, 3.8) is 0 Å². The molecule has 0 radical (unpaired) electrons. The van der Waals surface area contributed by atoms with Crippen LogP contribution in [0.5, 0.6) is 5.75 Å². The van der Waals surface area contributed by atoms with Gasteiger partial charge >= 0.3 is 0 Å². The fourth-order valence-corrected chi connectivity index (χ4v) is 3.35. The van der Waals surface area contributed by atoms with Crippen LogP contribution in [0.4, 0.5) is 0 Å². The summed E-state index contributed by atoms with van der Waals surface area (Å²) in [5, 5.41) is 4.07. The second-order valence-electron chi connectivity index (χ2n) is 6.95. The lowest BCUT2D eigenvalue weighted by atomic mass is 10.0. The Balaban J connectivity index is 1.99. The van der Waals surface area contributed by atoms with Gasteiger partial charge in [0.1, 0.15) is 5.75 Å². The maximum absolute atomic E-state index is 12.1. The van der Waals surface area contributed by atoms with Gasteiger partial charge in [0.15, 0.2) is 6.61 Å². The second kappa shape index (κ2) is 9.67. The fourth-order valence-electron chi connectivity index (χ4n) is 2.62. The van der Waals surface area contributed by atoms with Gasteiger partial charge in [0.25, 0.3) is 5.91 Å². The number of hydrazone groups is 1. The molecule has 0 aromatic heterocycles. The number of aryl methyl sites for hydroxylation is 1. The number of nitrogens with one attached hydrogen (secondary N) is 2. The SMILES string of the molecule is CNS(=O)(=O)c1ccc(/C(C)=N\NC(=O)COc2cc(C)ccc2C(C)C)cc1. The number of benzene rings is 2. The van der Waals surface area contributed by atoms with Crippen LogP contribution >= 0.6 is 0 Å². The minimum atomic E-state index is -3.49. The zero-order chi connectivity index (χ0) is 21.6. The summed E-state index contributed by atoms with van der Waals surface area (Å²) < 4.78 is 31.5. The Labute approximate surface area is 172 Å². The fraction of sp³-hybridized carbons (Fsp3) is 0.333. The third-order valence-electron chi connectivity index (χ3n) is 4.35. The molecule has 0 unspecified atom stereocenters. The third-order valence-corrected chi connectivity index (χ3v) is 5.78. The highest BCUT2D eigenvalue weighted by Crippen LogP contribution is 2.27. The second-order valence-corrected chi connectivity index (χ2v) is 8.84. The van der Waals surface area contributed by atoms with Gasteiger partial charge in [0.2, 0.25) is 10.0 Å². The Bertz CT molecular complexity index is 997. The molecule has 0 saturated carbocycles. The van der Waals surface area contributed by atoms with E-state index in [1.165, 1.54) is 19.2 Å². The molecule has 156 valence electrons. The van der Waals surface area contributed by atoms with E-state index in [9.17, 15) is 13.2 Å². The molecule has 0 saturated heterocycles. The smallest absolute Gasteiger partial charge is 0.277 e. The third kappa shape index (κ3) is 6.13. The summed E-state index contributed by atoms with van der Waals surface area (Å²) in [6.45, 7) is 7.67. The molecule has 2 aromatic rings. The van der Waals surface area contributed by atoms with E-state index in [0.29, 0.717) is 17.0 Å². The van der Waals surface area contributed by atoms with Gasteiger partial charge in [-0.25, -0.2) is 18.6 Å². The van der Waals surface area contributed by atoms with Crippen molar-refractivity contribution in [1.82, 2.24) is 10.1 Å². The highest BCUT2D eigenvalue weighted by Gasteiger charge is 2.12. The molecule has 0 fully saturated rings. The minimum Gasteiger partial charge on any atom is -0.483 e. The maximum atomic E-state index is 12.1. The highest BCUT2D eigenvalue weighted by atomic mass is 32.2. The van der Waals surface area contributed by atoms with E-state index in [2.05, 4.69) is 29.1 Å². The Hall–Kier alpha value is -2.71. The first-order valence-electron chi connectivity index (χ1n) is 9.24. The number of carbonyl (C=O) groups is 1. The number of carbonyl (C=O) groups excluding carboxylic acids is 1. The summed E-state index contributed by atoms with van der Waals surface area (Å²) in [6, 6.07) is 12.2. The number of hydrogen-bond donors (Lipinski definition) is 2. The van der Waals surface area contributed by atoms with Crippen molar-refractivity contribution in [3.8, 4) is 5.75 Å². The van der Waals surface area contributed by atoms with Crippen molar-refractivity contribution in [1.29, 1.82) is 0 Å².